The zero-order valence-corrected chi connectivity index (χ0v) is 12.3. The molecule has 0 radical (unpaired) electrons. The number of H-pyrrole nitrogens is 1. The fraction of sp³-hybridized carbons (Fsp3) is 0.357. The fourth-order valence-electron chi connectivity index (χ4n) is 2.64. The lowest BCUT2D eigenvalue weighted by Crippen LogP contribution is -2.40. The number of rotatable bonds is 3. The van der Waals surface area contributed by atoms with Gasteiger partial charge in [-0.1, -0.05) is 6.92 Å². The van der Waals surface area contributed by atoms with E-state index in [9.17, 15) is 14.7 Å². The molecule has 2 aromatic heterocycles. The van der Waals surface area contributed by atoms with Gasteiger partial charge in [0.15, 0.2) is 6.04 Å². The van der Waals surface area contributed by atoms with Gasteiger partial charge in [-0.05, 0) is 23.4 Å². The predicted molar refractivity (Wildman–Crippen MR) is 80.0 cm³/mol. The van der Waals surface area contributed by atoms with E-state index in [1.165, 1.54) is 6.07 Å². The quantitative estimate of drug-likeness (QED) is 0.899. The highest BCUT2D eigenvalue weighted by Gasteiger charge is 2.34. The van der Waals surface area contributed by atoms with Crippen LogP contribution in [0.25, 0.3) is 0 Å². The number of thiophene rings is 1. The molecule has 21 heavy (non-hydrogen) atoms. The zero-order valence-electron chi connectivity index (χ0n) is 11.5. The first-order valence-electron chi connectivity index (χ1n) is 6.76. The number of fused-ring (bicyclic) bond motifs is 1. The lowest BCUT2D eigenvalue weighted by atomic mass is 10.00. The van der Waals surface area contributed by atoms with Gasteiger partial charge in [-0.15, -0.1) is 11.3 Å². The van der Waals surface area contributed by atoms with Crippen molar-refractivity contribution >= 4 is 23.1 Å². The van der Waals surface area contributed by atoms with Gasteiger partial charge < -0.3 is 15.0 Å². The molecular formula is C14H15N3O3S. The number of carbonyl (C=O) groups is 1. The van der Waals surface area contributed by atoms with Crippen molar-refractivity contribution in [2.75, 3.05) is 11.4 Å². The summed E-state index contributed by atoms with van der Waals surface area (Å²) in [5.74, 6) is 0.0760. The van der Waals surface area contributed by atoms with Crippen LogP contribution in [0.4, 0.5) is 5.82 Å². The summed E-state index contributed by atoms with van der Waals surface area (Å²) in [5, 5.41) is 11.5. The number of hydrogen-bond acceptors (Lipinski definition) is 5. The first-order chi connectivity index (χ1) is 10.1. The minimum absolute atomic E-state index is 0.253. The molecule has 2 aromatic rings. The largest absolute Gasteiger partial charge is 0.479 e. The predicted octanol–water partition coefficient (Wildman–Crippen LogP) is 1.58. The molecule has 0 aliphatic carbocycles. The second-order valence-electron chi connectivity index (χ2n) is 4.89. The van der Waals surface area contributed by atoms with Crippen LogP contribution in [0.15, 0.2) is 22.3 Å². The molecule has 1 aliphatic heterocycles. The van der Waals surface area contributed by atoms with E-state index in [-0.39, 0.29) is 5.56 Å². The smallest absolute Gasteiger partial charge is 0.331 e. The van der Waals surface area contributed by atoms with Gasteiger partial charge in [-0.25, -0.2) is 9.78 Å². The van der Waals surface area contributed by atoms with Gasteiger partial charge >= 0.3 is 5.97 Å². The fourth-order valence-corrected chi connectivity index (χ4v) is 3.54. The molecule has 110 valence electrons. The summed E-state index contributed by atoms with van der Waals surface area (Å²) in [4.78, 5) is 33.2. The Labute approximate surface area is 125 Å². The maximum Gasteiger partial charge on any atom is 0.331 e. The monoisotopic (exact) mass is 305 g/mol. The van der Waals surface area contributed by atoms with E-state index in [1.807, 2.05) is 18.4 Å². The average molecular weight is 305 g/mol. The van der Waals surface area contributed by atoms with Crippen LogP contribution in [0.3, 0.4) is 0 Å². The van der Waals surface area contributed by atoms with Crippen molar-refractivity contribution in [3.8, 4) is 0 Å². The highest BCUT2D eigenvalue weighted by atomic mass is 32.1. The molecule has 1 unspecified atom stereocenters. The molecule has 1 atom stereocenters. The number of nitrogens with zero attached hydrogens (tertiary/aromatic N) is 2. The molecule has 0 fully saturated rings. The Hall–Kier alpha value is -2.15. The number of aromatic nitrogens is 2. The summed E-state index contributed by atoms with van der Waals surface area (Å²) in [5.41, 5.74) is 0.552. The van der Waals surface area contributed by atoms with Crippen molar-refractivity contribution in [2.24, 2.45) is 0 Å². The number of aliphatic carboxylic acids is 1. The molecule has 3 heterocycles. The molecule has 0 saturated carbocycles. The highest BCUT2D eigenvalue weighted by Crippen LogP contribution is 2.35. The molecule has 1 aliphatic rings. The maximum absolute atomic E-state index is 11.7. The Kier molecular flexibility index (Phi) is 3.50. The Morgan fingerprint density at radius 3 is 3.14 bits per heavy atom. The van der Waals surface area contributed by atoms with Gasteiger partial charge in [0.1, 0.15) is 11.6 Å². The molecule has 7 heteroatoms. The number of nitrogens with one attached hydrogen (secondary N) is 1. The van der Waals surface area contributed by atoms with Crippen molar-refractivity contribution in [1.82, 2.24) is 9.97 Å². The molecule has 0 saturated heterocycles. The number of hydrogen-bond donors (Lipinski definition) is 2. The number of carboxylic acids is 1. The molecule has 0 spiro atoms. The van der Waals surface area contributed by atoms with Gasteiger partial charge in [0.2, 0.25) is 0 Å². The number of anilines is 1. The van der Waals surface area contributed by atoms with Crippen molar-refractivity contribution < 1.29 is 9.90 Å². The van der Waals surface area contributed by atoms with Crippen molar-refractivity contribution in [3.05, 3.63) is 44.1 Å². The summed E-state index contributed by atoms with van der Waals surface area (Å²) >= 11 is 1.58. The van der Waals surface area contributed by atoms with Crippen molar-refractivity contribution in [2.45, 2.75) is 25.8 Å². The SMILES string of the molecule is CCc1nc(N2CCc3sccc3C2C(=O)O)cc(=O)[nH]1. The Morgan fingerprint density at radius 2 is 2.43 bits per heavy atom. The molecule has 3 rings (SSSR count). The van der Waals surface area contributed by atoms with Crippen LogP contribution in [0.1, 0.15) is 29.2 Å². The van der Waals surface area contributed by atoms with Crippen LogP contribution in [-0.2, 0) is 17.6 Å². The normalized spacial score (nSPS) is 17.6. The topological polar surface area (TPSA) is 86.3 Å². The van der Waals surface area contributed by atoms with Crippen LogP contribution in [0.2, 0.25) is 0 Å². The molecule has 0 bridgehead atoms. The number of aromatic amines is 1. The minimum atomic E-state index is -0.922. The third kappa shape index (κ3) is 2.44. The first-order valence-corrected chi connectivity index (χ1v) is 7.64. The standard InChI is InChI=1S/C14H15N3O3S/c1-2-10-15-11(7-12(18)16-10)17-5-3-9-8(4-6-21-9)13(17)14(19)20/h4,6-7,13H,2-3,5H2,1H3,(H,19,20)(H,15,16,18). The summed E-state index contributed by atoms with van der Waals surface area (Å²) in [6.07, 6.45) is 1.37. The maximum atomic E-state index is 11.7. The summed E-state index contributed by atoms with van der Waals surface area (Å²) in [6.45, 7) is 2.44. The lowest BCUT2D eigenvalue weighted by Gasteiger charge is -2.34. The van der Waals surface area contributed by atoms with Gasteiger partial charge in [0.05, 0.1) is 0 Å². The summed E-state index contributed by atoms with van der Waals surface area (Å²) < 4.78 is 0. The third-order valence-corrected chi connectivity index (χ3v) is 4.60. The van der Waals surface area contributed by atoms with Gasteiger partial charge in [0.25, 0.3) is 5.56 Å². The Bertz CT molecular complexity index is 737. The highest BCUT2D eigenvalue weighted by molar-refractivity contribution is 7.10. The molecule has 0 aromatic carbocycles. The van der Waals surface area contributed by atoms with Crippen molar-refractivity contribution in [3.63, 3.8) is 0 Å². The van der Waals surface area contributed by atoms with E-state index in [0.717, 1.165) is 16.9 Å². The van der Waals surface area contributed by atoms with Gasteiger partial charge in [-0.2, -0.15) is 0 Å². The van der Waals surface area contributed by atoms with E-state index in [2.05, 4.69) is 9.97 Å². The van der Waals surface area contributed by atoms with E-state index in [4.69, 9.17) is 0 Å². The van der Waals surface area contributed by atoms with Crippen LogP contribution < -0.4 is 10.5 Å². The van der Waals surface area contributed by atoms with E-state index >= 15 is 0 Å². The van der Waals surface area contributed by atoms with Crippen LogP contribution >= 0.6 is 11.3 Å². The van der Waals surface area contributed by atoms with E-state index in [1.54, 1.807) is 16.2 Å². The second-order valence-corrected chi connectivity index (χ2v) is 5.89. The van der Waals surface area contributed by atoms with E-state index < -0.39 is 12.0 Å². The molecule has 0 amide bonds. The summed E-state index contributed by atoms with van der Waals surface area (Å²) in [7, 11) is 0. The van der Waals surface area contributed by atoms with Crippen LogP contribution in [0, 0.1) is 0 Å². The number of aryl methyl sites for hydroxylation is 1. The van der Waals surface area contributed by atoms with Gasteiger partial charge in [-0.3, -0.25) is 4.79 Å². The van der Waals surface area contributed by atoms with Crippen LogP contribution in [0.5, 0.6) is 0 Å². The third-order valence-electron chi connectivity index (χ3n) is 3.61. The van der Waals surface area contributed by atoms with Gasteiger partial charge in [0, 0.05) is 23.9 Å². The molecular weight excluding hydrogens is 290 g/mol. The average Bonchev–Trinajstić information content (AvgIpc) is 2.93. The Morgan fingerprint density at radius 1 is 1.62 bits per heavy atom. The first kappa shape index (κ1) is 13.8. The minimum Gasteiger partial charge on any atom is -0.479 e. The van der Waals surface area contributed by atoms with E-state index in [0.29, 0.717) is 24.6 Å². The Balaban J connectivity index is 2.08. The molecule has 6 nitrogen and oxygen atoms in total. The number of carboxylic acid groups (broad SMARTS) is 1. The second kappa shape index (κ2) is 5.33. The van der Waals surface area contributed by atoms with Crippen LogP contribution in [-0.4, -0.2) is 27.6 Å². The lowest BCUT2D eigenvalue weighted by molar-refractivity contribution is -0.138. The molecule has 2 N–H and O–H groups in total. The summed E-state index contributed by atoms with van der Waals surface area (Å²) in [6, 6.07) is 2.43. The van der Waals surface area contributed by atoms with Crippen molar-refractivity contribution in [1.29, 1.82) is 0 Å². The zero-order chi connectivity index (χ0) is 15.0.